The second-order valence-corrected chi connectivity index (χ2v) is 7.43. The molecule has 3 nitrogen and oxygen atoms in total. The smallest absolute Gasteiger partial charge is 0.300 e. The van der Waals surface area contributed by atoms with Crippen LogP contribution in [-0.2, 0) is 17.2 Å². The van der Waals surface area contributed by atoms with Crippen LogP contribution in [0.3, 0.4) is 0 Å². The van der Waals surface area contributed by atoms with Gasteiger partial charge in [0.05, 0.1) is 16.1 Å². The quantitative estimate of drug-likeness (QED) is 0.533. The maximum absolute atomic E-state index is 12.8. The molecule has 144 valence electrons. The van der Waals surface area contributed by atoms with E-state index in [9.17, 15) is 22.2 Å². The first-order valence-corrected chi connectivity index (χ1v) is 9.53. The van der Waals surface area contributed by atoms with Gasteiger partial charge in [-0.25, -0.2) is 4.21 Å². The Kier molecular flexibility index (Phi) is 5.86. The summed E-state index contributed by atoms with van der Waals surface area (Å²) < 4.78 is 53.2. The highest BCUT2D eigenvalue weighted by atomic mass is 35.5. The van der Waals surface area contributed by atoms with Gasteiger partial charge in [0, 0.05) is 16.1 Å². The second-order valence-electron chi connectivity index (χ2n) is 5.78. The van der Waals surface area contributed by atoms with Crippen molar-refractivity contribution in [3.8, 4) is 0 Å². The monoisotopic (exact) mass is 423 g/mol. The van der Waals surface area contributed by atoms with Crippen LogP contribution >= 0.6 is 11.6 Å². The maximum atomic E-state index is 12.8. The number of carbonyl (C=O) groups excluding carboxylic acids is 1. The summed E-state index contributed by atoms with van der Waals surface area (Å²) in [5, 5.41) is 0.324. The van der Waals surface area contributed by atoms with E-state index in [1.165, 1.54) is 18.2 Å². The van der Waals surface area contributed by atoms with E-state index in [1.807, 2.05) is 0 Å². The number of rotatable bonds is 5. The molecule has 0 aliphatic carbocycles. The molecule has 0 aliphatic heterocycles. The summed E-state index contributed by atoms with van der Waals surface area (Å²) in [6.45, 7) is 0. The van der Waals surface area contributed by atoms with Crippen LogP contribution in [-0.4, -0.2) is 9.99 Å². The second kappa shape index (κ2) is 8.16. The van der Waals surface area contributed by atoms with Crippen LogP contribution < -0.4 is 4.72 Å². The van der Waals surface area contributed by atoms with Crippen LogP contribution in [0.4, 0.5) is 18.9 Å². The van der Waals surface area contributed by atoms with E-state index in [-0.39, 0.29) is 21.9 Å². The third-order valence-electron chi connectivity index (χ3n) is 3.86. The van der Waals surface area contributed by atoms with E-state index in [0.717, 1.165) is 24.3 Å². The van der Waals surface area contributed by atoms with Crippen molar-refractivity contribution in [2.75, 3.05) is 4.72 Å². The average molecular weight is 424 g/mol. The van der Waals surface area contributed by atoms with Crippen LogP contribution in [0.25, 0.3) is 0 Å². The van der Waals surface area contributed by atoms with Gasteiger partial charge in [0.2, 0.25) is 0 Å². The third-order valence-corrected chi connectivity index (χ3v) is 5.20. The molecule has 1 unspecified atom stereocenters. The minimum atomic E-state index is -4.47. The van der Waals surface area contributed by atoms with Crippen LogP contribution in [0.5, 0.6) is 0 Å². The first-order chi connectivity index (χ1) is 13.3. The Labute approximate surface area is 166 Å². The minimum absolute atomic E-state index is 0.140. The number of alkyl halides is 3. The zero-order valence-corrected chi connectivity index (χ0v) is 15.7. The molecule has 0 saturated heterocycles. The van der Waals surface area contributed by atoms with Gasteiger partial charge in [-0.05, 0) is 42.5 Å². The predicted molar refractivity (Wildman–Crippen MR) is 103 cm³/mol. The Morgan fingerprint density at radius 3 is 2.18 bits per heavy atom. The number of ketones is 1. The highest BCUT2D eigenvalue weighted by molar-refractivity contribution is 7.86. The molecule has 1 atom stereocenters. The van der Waals surface area contributed by atoms with E-state index < -0.39 is 22.7 Å². The minimum Gasteiger partial charge on any atom is -0.300 e. The summed E-state index contributed by atoms with van der Waals surface area (Å²) in [4.78, 5) is 12.9. The molecule has 3 rings (SSSR count). The van der Waals surface area contributed by atoms with Crippen LogP contribution in [0.15, 0.2) is 77.7 Å². The Balaban J connectivity index is 1.88. The van der Waals surface area contributed by atoms with E-state index in [0.29, 0.717) is 10.6 Å². The Morgan fingerprint density at radius 2 is 1.57 bits per heavy atom. The number of hydrogen-bond donors (Lipinski definition) is 1. The molecule has 0 heterocycles. The van der Waals surface area contributed by atoms with Crippen molar-refractivity contribution >= 4 is 34.1 Å². The lowest BCUT2D eigenvalue weighted by atomic mass is 10.0. The third kappa shape index (κ3) is 4.61. The summed E-state index contributed by atoms with van der Waals surface area (Å²) >= 11 is 6.00. The van der Waals surface area contributed by atoms with E-state index in [4.69, 9.17) is 11.6 Å². The normalized spacial score (nSPS) is 12.4. The largest absolute Gasteiger partial charge is 0.416 e. The van der Waals surface area contributed by atoms with Crippen molar-refractivity contribution in [3.63, 3.8) is 0 Å². The Hall–Kier alpha value is -2.64. The van der Waals surface area contributed by atoms with Crippen LogP contribution in [0.1, 0.15) is 21.5 Å². The van der Waals surface area contributed by atoms with Gasteiger partial charge in [0.15, 0.2) is 5.78 Å². The van der Waals surface area contributed by atoms with E-state index in [2.05, 4.69) is 4.72 Å². The standard InChI is InChI=1S/C20H13ClF3NO2S/c21-15-8-11-18(17(12-15)19(26)13-4-2-1-3-5-13)25-28(27)16-9-6-14(7-10-16)20(22,23)24/h1-12,25H. The summed E-state index contributed by atoms with van der Waals surface area (Å²) in [5.74, 6) is -0.324. The molecule has 28 heavy (non-hydrogen) atoms. The van der Waals surface area contributed by atoms with Gasteiger partial charge in [-0.3, -0.25) is 4.79 Å². The Bertz CT molecular complexity index is 1020. The van der Waals surface area contributed by atoms with Crippen LogP contribution in [0, 0.1) is 0 Å². The number of halogens is 4. The van der Waals surface area contributed by atoms with Crippen molar-refractivity contribution in [2.24, 2.45) is 0 Å². The molecular weight excluding hydrogens is 411 g/mol. The van der Waals surface area contributed by atoms with Crippen molar-refractivity contribution in [2.45, 2.75) is 11.1 Å². The van der Waals surface area contributed by atoms with Gasteiger partial charge in [-0.1, -0.05) is 41.9 Å². The first-order valence-electron chi connectivity index (χ1n) is 8.01. The number of carbonyl (C=O) groups is 1. The summed E-state index contributed by atoms with van der Waals surface area (Å²) in [6.07, 6.45) is -4.47. The molecule has 0 radical (unpaired) electrons. The van der Waals surface area contributed by atoms with Gasteiger partial charge in [-0.2, -0.15) is 13.2 Å². The fraction of sp³-hybridized carbons (Fsp3) is 0.0500. The average Bonchev–Trinajstić information content (AvgIpc) is 2.69. The Morgan fingerprint density at radius 1 is 0.929 bits per heavy atom. The summed E-state index contributed by atoms with van der Waals surface area (Å²) in [7, 11) is -1.87. The highest BCUT2D eigenvalue weighted by Crippen LogP contribution is 2.30. The van der Waals surface area contributed by atoms with Crippen molar-refractivity contribution < 1.29 is 22.2 Å². The number of nitrogens with one attached hydrogen (secondary N) is 1. The number of anilines is 1. The maximum Gasteiger partial charge on any atom is 0.416 e. The lowest BCUT2D eigenvalue weighted by Crippen LogP contribution is -2.11. The molecule has 0 fully saturated rings. The topological polar surface area (TPSA) is 46.2 Å². The van der Waals surface area contributed by atoms with Crippen LogP contribution in [0.2, 0.25) is 5.02 Å². The zero-order valence-electron chi connectivity index (χ0n) is 14.2. The molecular formula is C20H13ClF3NO2S. The van der Waals surface area contributed by atoms with Gasteiger partial charge in [0.1, 0.15) is 11.0 Å². The molecule has 0 aromatic heterocycles. The van der Waals surface area contributed by atoms with Crippen molar-refractivity contribution in [3.05, 3.63) is 94.5 Å². The molecule has 0 spiro atoms. The van der Waals surface area contributed by atoms with Gasteiger partial charge in [0.25, 0.3) is 0 Å². The SMILES string of the molecule is O=C(c1ccccc1)c1cc(Cl)ccc1NS(=O)c1ccc(C(F)(F)F)cc1. The molecule has 0 saturated carbocycles. The lowest BCUT2D eigenvalue weighted by Gasteiger charge is -2.12. The fourth-order valence-electron chi connectivity index (χ4n) is 2.46. The molecule has 0 aliphatic rings. The van der Waals surface area contributed by atoms with E-state index >= 15 is 0 Å². The van der Waals surface area contributed by atoms with Crippen molar-refractivity contribution in [1.82, 2.24) is 0 Å². The molecule has 0 bridgehead atoms. The van der Waals surface area contributed by atoms with Crippen molar-refractivity contribution in [1.29, 1.82) is 0 Å². The highest BCUT2D eigenvalue weighted by Gasteiger charge is 2.30. The number of benzene rings is 3. The molecule has 0 amide bonds. The van der Waals surface area contributed by atoms with Gasteiger partial charge in [-0.15, -0.1) is 0 Å². The first kappa shape index (κ1) is 20.1. The molecule has 3 aromatic rings. The fourth-order valence-corrected chi connectivity index (χ4v) is 3.52. The molecule has 1 N–H and O–H groups in total. The molecule has 3 aromatic carbocycles. The number of hydrogen-bond acceptors (Lipinski definition) is 2. The predicted octanol–water partition coefficient (Wildman–Crippen LogP) is 5.72. The lowest BCUT2D eigenvalue weighted by molar-refractivity contribution is -0.137. The zero-order chi connectivity index (χ0) is 20.3. The van der Waals surface area contributed by atoms with E-state index in [1.54, 1.807) is 30.3 Å². The summed E-state index contributed by atoms with van der Waals surface area (Å²) in [6, 6.07) is 16.9. The van der Waals surface area contributed by atoms with Gasteiger partial charge >= 0.3 is 6.18 Å². The molecule has 8 heteroatoms. The van der Waals surface area contributed by atoms with Gasteiger partial charge < -0.3 is 4.72 Å². The summed E-state index contributed by atoms with van der Waals surface area (Å²) in [5.41, 5.74) is 0.0586.